The van der Waals surface area contributed by atoms with Gasteiger partial charge in [0.25, 0.3) is 0 Å². The van der Waals surface area contributed by atoms with Crippen LogP contribution in [-0.4, -0.2) is 44.2 Å². The lowest BCUT2D eigenvalue weighted by atomic mass is 9.98. The van der Waals surface area contributed by atoms with Crippen molar-refractivity contribution in [1.29, 1.82) is 0 Å². The molecule has 1 saturated heterocycles. The Morgan fingerprint density at radius 2 is 1.91 bits per heavy atom. The van der Waals surface area contributed by atoms with E-state index in [1.807, 2.05) is 43.3 Å². The number of rotatable bonds is 9. The molecule has 0 unspecified atom stereocenters. The Kier molecular flexibility index (Phi) is 8.86. The Balaban J connectivity index is 1.25. The number of carbonyl (C=O) groups is 1. The van der Waals surface area contributed by atoms with Gasteiger partial charge in [0.05, 0.1) is 23.3 Å². The van der Waals surface area contributed by atoms with Crippen molar-refractivity contribution in [2.75, 3.05) is 10.7 Å². The molecule has 3 aromatic carbocycles. The maximum Gasteiger partial charge on any atom is 0.573 e. The Hall–Kier alpha value is -4.91. The molecular formula is C31H28F3N7O2S. The van der Waals surface area contributed by atoms with Gasteiger partial charge in [-0.15, -0.1) is 18.3 Å². The van der Waals surface area contributed by atoms with Crippen LogP contribution >= 0.6 is 11.8 Å². The van der Waals surface area contributed by atoms with Gasteiger partial charge in [0.1, 0.15) is 17.9 Å². The molecule has 1 aliphatic rings. The molecule has 5 rings (SSSR count). The molecular weight excluding hydrogens is 591 g/mol. The summed E-state index contributed by atoms with van der Waals surface area (Å²) in [6.07, 6.45) is -1.70. The van der Waals surface area contributed by atoms with Gasteiger partial charge in [-0.2, -0.15) is 5.10 Å². The highest BCUT2D eigenvalue weighted by Gasteiger charge is 2.32. The average Bonchev–Trinajstić information content (AvgIpc) is 3.60. The second-order valence-corrected chi connectivity index (χ2v) is 11.1. The molecule has 0 aliphatic carbocycles. The van der Waals surface area contributed by atoms with E-state index in [9.17, 15) is 18.0 Å². The minimum Gasteiger partial charge on any atom is -0.406 e. The number of hydrogen-bond acceptors (Lipinski definition) is 8. The molecule has 1 N–H and O–H groups in total. The number of benzene rings is 3. The normalized spacial score (nSPS) is 14.7. The minimum atomic E-state index is -4.76. The van der Waals surface area contributed by atoms with E-state index in [0.29, 0.717) is 22.2 Å². The summed E-state index contributed by atoms with van der Waals surface area (Å²) >= 11 is 1.35. The number of carbonyl (C=O) groups excluding carboxylic acids is 1. The molecule has 2 heterocycles. The van der Waals surface area contributed by atoms with E-state index in [2.05, 4.69) is 56.8 Å². The summed E-state index contributed by atoms with van der Waals surface area (Å²) in [7, 11) is 0. The number of ether oxygens (including phenoxy) is 1. The summed E-state index contributed by atoms with van der Waals surface area (Å²) in [5.74, 6) is 0.828. The van der Waals surface area contributed by atoms with Crippen LogP contribution in [0.25, 0.3) is 17.1 Å². The number of thioether (sulfide) groups is 1. The molecule has 0 spiro atoms. The van der Waals surface area contributed by atoms with E-state index in [1.165, 1.54) is 47.0 Å². The predicted octanol–water partition coefficient (Wildman–Crippen LogP) is 6.80. The predicted molar refractivity (Wildman–Crippen MR) is 166 cm³/mol. The Morgan fingerprint density at radius 3 is 2.64 bits per heavy atom. The molecule has 4 aromatic rings. The van der Waals surface area contributed by atoms with Crippen molar-refractivity contribution in [3.8, 4) is 22.8 Å². The Morgan fingerprint density at radius 1 is 1.14 bits per heavy atom. The number of nitrogens with one attached hydrogen (secondary N) is 1. The molecule has 44 heavy (non-hydrogen) atoms. The number of aromatic nitrogens is 3. The highest BCUT2D eigenvalue weighted by atomic mass is 32.2. The zero-order valence-electron chi connectivity index (χ0n) is 24.0. The van der Waals surface area contributed by atoms with E-state index < -0.39 is 6.36 Å². The summed E-state index contributed by atoms with van der Waals surface area (Å²) in [5, 5.41) is 9.21. The topological polar surface area (TPSA) is 97.0 Å². The number of alkyl halides is 3. The van der Waals surface area contributed by atoms with Crippen molar-refractivity contribution in [2.24, 2.45) is 10.1 Å². The van der Waals surface area contributed by atoms with Gasteiger partial charge in [0, 0.05) is 5.56 Å². The van der Waals surface area contributed by atoms with E-state index in [0.717, 1.165) is 22.4 Å². The molecule has 1 fully saturated rings. The molecule has 0 saturated carbocycles. The molecule has 1 amide bonds. The van der Waals surface area contributed by atoms with Crippen LogP contribution in [0.15, 0.2) is 95.6 Å². The zero-order valence-corrected chi connectivity index (χ0v) is 24.9. The highest BCUT2D eigenvalue weighted by Crippen LogP contribution is 2.34. The molecule has 9 nitrogen and oxygen atoms in total. The van der Waals surface area contributed by atoms with Crippen molar-refractivity contribution >= 4 is 34.7 Å². The second kappa shape index (κ2) is 12.8. The number of hydrazone groups is 1. The third kappa shape index (κ3) is 7.35. The smallest absolute Gasteiger partial charge is 0.406 e. The molecule has 13 heteroatoms. The van der Waals surface area contributed by atoms with Crippen molar-refractivity contribution in [2.45, 2.75) is 33.1 Å². The highest BCUT2D eigenvalue weighted by molar-refractivity contribution is 8.15. The molecule has 0 bridgehead atoms. The number of aliphatic imine (C=N–C) groups is 1. The van der Waals surface area contributed by atoms with Crippen LogP contribution in [0.5, 0.6) is 5.75 Å². The Bertz CT molecular complexity index is 1750. The lowest BCUT2D eigenvalue weighted by Gasteiger charge is -2.22. The van der Waals surface area contributed by atoms with Crippen molar-refractivity contribution in [1.82, 2.24) is 20.2 Å². The summed E-state index contributed by atoms with van der Waals surface area (Å²) in [4.78, 5) is 23.3. The van der Waals surface area contributed by atoms with E-state index in [1.54, 1.807) is 11.1 Å². The van der Waals surface area contributed by atoms with Gasteiger partial charge < -0.3 is 4.74 Å². The first-order valence-electron chi connectivity index (χ1n) is 13.5. The fourth-order valence-electron chi connectivity index (χ4n) is 4.42. The van der Waals surface area contributed by atoms with Crippen LogP contribution in [0.4, 0.5) is 18.9 Å². The van der Waals surface area contributed by atoms with Gasteiger partial charge in [-0.05, 0) is 60.4 Å². The number of amidine groups is 1. The van der Waals surface area contributed by atoms with Gasteiger partial charge in [-0.25, -0.2) is 14.7 Å². The first-order chi connectivity index (χ1) is 21.0. The monoisotopic (exact) mass is 619 g/mol. The number of hydrogen-bond donors (Lipinski definition) is 1. The largest absolute Gasteiger partial charge is 0.573 e. The number of halogens is 3. The SMILES string of the molecule is C=C(/N=C1\SCC(=O)N1c1ccc(C)cc1C(C)C)N/N=C/c1cccc(-c2ncn(-c3ccc(OC(F)(F)F)cc3)n2)c1. The maximum atomic E-state index is 12.8. The van der Waals surface area contributed by atoms with Crippen LogP contribution in [0, 0.1) is 6.92 Å². The third-order valence-electron chi connectivity index (χ3n) is 6.42. The minimum absolute atomic E-state index is 0.0452. The first kappa shape index (κ1) is 30.5. The molecule has 0 atom stereocenters. The summed E-state index contributed by atoms with van der Waals surface area (Å²) in [6, 6.07) is 18.7. The lowest BCUT2D eigenvalue weighted by Crippen LogP contribution is -2.30. The quantitative estimate of drug-likeness (QED) is 0.164. The van der Waals surface area contributed by atoms with Gasteiger partial charge in [-0.3, -0.25) is 15.1 Å². The second-order valence-electron chi connectivity index (χ2n) is 10.1. The standard InChI is InChI=1S/C31H28F3N7O2S/c1-19(2)26-14-20(3)8-13-27(26)41-28(42)17-44-30(41)37-21(4)38-36-16-22-6-5-7-23(15-22)29-35-18-40(39-29)24-9-11-25(12-10-24)43-31(32,33)34/h5-16,18-19,38H,4,17H2,1-3H3/b36-16+,37-30-. The van der Waals surface area contributed by atoms with E-state index >= 15 is 0 Å². The molecule has 0 radical (unpaired) electrons. The van der Waals surface area contributed by atoms with Crippen molar-refractivity contribution in [3.05, 3.63) is 102 Å². The van der Waals surface area contributed by atoms with Crippen molar-refractivity contribution in [3.63, 3.8) is 0 Å². The van der Waals surface area contributed by atoms with Gasteiger partial charge >= 0.3 is 6.36 Å². The van der Waals surface area contributed by atoms with Crippen LogP contribution in [-0.2, 0) is 4.79 Å². The van der Waals surface area contributed by atoms with Crippen molar-refractivity contribution < 1.29 is 22.7 Å². The first-order valence-corrected chi connectivity index (χ1v) is 14.5. The van der Waals surface area contributed by atoms with Gasteiger partial charge in [-0.1, -0.05) is 68.1 Å². The van der Waals surface area contributed by atoms with Gasteiger partial charge in [0.2, 0.25) is 5.91 Å². The van der Waals surface area contributed by atoms with Crippen LogP contribution in [0.2, 0.25) is 0 Å². The molecule has 1 aliphatic heterocycles. The summed E-state index contributed by atoms with van der Waals surface area (Å²) < 4.78 is 42.7. The fourth-order valence-corrected chi connectivity index (χ4v) is 5.31. The number of aryl methyl sites for hydroxylation is 1. The maximum absolute atomic E-state index is 12.8. The van der Waals surface area contributed by atoms with Crippen LogP contribution in [0.1, 0.15) is 36.5 Å². The number of nitrogens with zero attached hydrogens (tertiary/aromatic N) is 6. The third-order valence-corrected chi connectivity index (χ3v) is 7.34. The van der Waals surface area contributed by atoms with E-state index in [4.69, 9.17) is 0 Å². The molecule has 1 aromatic heterocycles. The summed E-state index contributed by atoms with van der Waals surface area (Å²) in [5.41, 5.74) is 7.79. The lowest BCUT2D eigenvalue weighted by molar-refractivity contribution is -0.274. The molecule has 226 valence electrons. The van der Waals surface area contributed by atoms with E-state index in [-0.39, 0.29) is 29.1 Å². The van der Waals surface area contributed by atoms with Crippen LogP contribution < -0.4 is 15.1 Å². The summed E-state index contributed by atoms with van der Waals surface area (Å²) in [6.45, 7) is 10.1. The number of amides is 1. The number of anilines is 1. The van der Waals surface area contributed by atoms with Crippen LogP contribution in [0.3, 0.4) is 0 Å². The average molecular weight is 620 g/mol. The van der Waals surface area contributed by atoms with Gasteiger partial charge in [0.15, 0.2) is 11.0 Å². The zero-order chi connectivity index (χ0) is 31.4. The Labute approximate surface area is 256 Å². The fraction of sp³-hybridized carbons (Fsp3) is 0.194.